The number of halogens is 1. The lowest BCUT2D eigenvalue weighted by Crippen LogP contribution is -2.27. The predicted octanol–water partition coefficient (Wildman–Crippen LogP) is 5.13. The molecule has 1 saturated heterocycles. The van der Waals surface area contributed by atoms with Gasteiger partial charge in [-0.1, -0.05) is 66.2 Å². The van der Waals surface area contributed by atoms with Crippen LogP contribution in [0, 0.1) is 0 Å². The Labute approximate surface area is 149 Å². The number of rotatable bonds is 4. The first-order valence-corrected chi connectivity index (χ1v) is 8.54. The van der Waals surface area contributed by atoms with Gasteiger partial charge in [0.05, 0.1) is 11.4 Å². The zero-order valence-corrected chi connectivity index (χ0v) is 14.3. The highest BCUT2D eigenvalue weighted by atomic mass is 35.5. The van der Waals surface area contributed by atoms with E-state index in [0.29, 0.717) is 9.93 Å². The monoisotopic (exact) mass is 355 g/mol. The Morgan fingerprint density at radius 3 is 2.58 bits per heavy atom. The fraction of sp³-hybridized carbons (Fsp3) is 0.0526. The minimum Gasteiger partial charge on any atom is -0.268 e. The third-order valence-electron chi connectivity index (χ3n) is 3.44. The Balaban J connectivity index is 1.72. The molecule has 1 fully saturated rings. The van der Waals surface area contributed by atoms with E-state index in [1.165, 1.54) is 4.90 Å². The molecular weight excluding hydrogens is 342 g/mol. The second kappa shape index (κ2) is 7.51. The minimum absolute atomic E-state index is 0.227. The molecule has 0 aliphatic carbocycles. The number of hydrogen-bond acceptors (Lipinski definition) is 3. The molecule has 0 saturated carbocycles. The summed E-state index contributed by atoms with van der Waals surface area (Å²) in [6, 6.07) is 16.9. The molecule has 2 aromatic rings. The number of nitrogens with zero attached hydrogens (tertiary/aromatic N) is 1. The lowest BCUT2D eigenvalue weighted by molar-refractivity contribution is -0.123. The van der Waals surface area contributed by atoms with Gasteiger partial charge in [-0.25, -0.2) is 0 Å². The summed E-state index contributed by atoms with van der Waals surface area (Å²) in [5.41, 5.74) is 1.86. The average molecular weight is 356 g/mol. The second-order valence-corrected chi connectivity index (χ2v) is 6.62. The summed E-state index contributed by atoms with van der Waals surface area (Å²) in [5.74, 6) is -0.275. The van der Waals surface area contributed by atoms with Gasteiger partial charge in [0.25, 0.3) is 11.1 Å². The van der Waals surface area contributed by atoms with Crippen molar-refractivity contribution in [1.29, 1.82) is 0 Å². The van der Waals surface area contributed by atoms with E-state index in [1.807, 2.05) is 42.5 Å². The van der Waals surface area contributed by atoms with E-state index in [4.69, 9.17) is 11.6 Å². The molecule has 0 unspecified atom stereocenters. The molecular formula is C19H14ClNO2S. The second-order valence-electron chi connectivity index (χ2n) is 5.19. The van der Waals surface area contributed by atoms with Crippen molar-refractivity contribution in [1.82, 2.24) is 4.90 Å². The Morgan fingerprint density at radius 1 is 1.04 bits per heavy atom. The molecule has 0 bridgehead atoms. The largest absolute Gasteiger partial charge is 0.293 e. The molecule has 1 heterocycles. The summed E-state index contributed by atoms with van der Waals surface area (Å²) in [6.07, 6.45) is 5.35. The smallest absolute Gasteiger partial charge is 0.268 e. The van der Waals surface area contributed by atoms with Crippen molar-refractivity contribution in [3.63, 3.8) is 0 Å². The molecule has 3 nitrogen and oxygen atoms in total. The first kappa shape index (κ1) is 16.6. The zero-order valence-electron chi connectivity index (χ0n) is 12.7. The van der Waals surface area contributed by atoms with Crippen LogP contribution in [-0.2, 0) is 11.3 Å². The number of benzene rings is 2. The highest BCUT2D eigenvalue weighted by molar-refractivity contribution is 8.18. The van der Waals surface area contributed by atoms with Crippen molar-refractivity contribution < 1.29 is 9.59 Å². The molecule has 0 aromatic heterocycles. The third kappa shape index (κ3) is 3.96. The first-order chi connectivity index (χ1) is 11.6. The van der Waals surface area contributed by atoms with Crippen molar-refractivity contribution in [2.45, 2.75) is 6.54 Å². The SMILES string of the molecule is O=C1S/C(=C\C=C\c2ccccc2)C(=O)N1Cc1cccc(Cl)c1. The van der Waals surface area contributed by atoms with Crippen LogP contribution in [0.25, 0.3) is 6.08 Å². The summed E-state index contributed by atoms with van der Waals surface area (Å²) in [5, 5.41) is 0.320. The molecule has 2 aromatic carbocycles. The van der Waals surface area contributed by atoms with E-state index < -0.39 is 0 Å². The van der Waals surface area contributed by atoms with Crippen LogP contribution in [0.15, 0.2) is 71.7 Å². The molecule has 24 heavy (non-hydrogen) atoms. The molecule has 1 aliphatic rings. The van der Waals surface area contributed by atoms with E-state index in [-0.39, 0.29) is 17.7 Å². The normalized spacial score (nSPS) is 16.5. The maximum atomic E-state index is 12.4. The Hall–Kier alpha value is -2.30. The van der Waals surface area contributed by atoms with Crippen molar-refractivity contribution in [3.8, 4) is 0 Å². The van der Waals surface area contributed by atoms with Crippen molar-refractivity contribution in [3.05, 3.63) is 87.8 Å². The molecule has 3 rings (SSSR count). The lowest BCUT2D eigenvalue weighted by Gasteiger charge is -2.12. The number of thioether (sulfide) groups is 1. The third-order valence-corrected chi connectivity index (χ3v) is 4.60. The number of hydrogen-bond donors (Lipinski definition) is 0. The quantitative estimate of drug-likeness (QED) is 0.713. The maximum Gasteiger partial charge on any atom is 0.293 e. The summed E-state index contributed by atoms with van der Waals surface area (Å²) in [6.45, 7) is 0.227. The van der Waals surface area contributed by atoms with Crippen LogP contribution < -0.4 is 0 Å². The van der Waals surface area contributed by atoms with Gasteiger partial charge >= 0.3 is 0 Å². The topological polar surface area (TPSA) is 37.4 Å². The Bertz CT molecular complexity index is 830. The standard InChI is InChI=1S/C19H14ClNO2S/c20-16-10-4-9-15(12-16)13-21-18(22)17(24-19(21)23)11-5-8-14-6-2-1-3-7-14/h1-12H,13H2/b8-5+,17-11-. The molecule has 0 radical (unpaired) electrons. The maximum absolute atomic E-state index is 12.4. The minimum atomic E-state index is -0.275. The lowest BCUT2D eigenvalue weighted by atomic mass is 10.2. The predicted molar refractivity (Wildman–Crippen MR) is 98.5 cm³/mol. The van der Waals surface area contributed by atoms with Crippen LogP contribution in [0.5, 0.6) is 0 Å². The Morgan fingerprint density at radius 2 is 1.83 bits per heavy atom. The van der Waals surface area contributed by atoms with Crippen LogP contribution in [0.3, 0.4) is 0 Å². The van der Waals surface area contributed by atoms with Crippen LogP contribution >= 0.6 is 23.4 Å². The number of amides is 2. The van der Waals surface area contributed by atoms with E-state index in [9.17, 15) is 9.59 Å². The van der Waals surface area contributed by atoms with Gasteiger partial charge in [-0.2, -0.15) is 0 Å². The molecule has 1 aliphatic heterocycles. The molecule has 0 N–H and O–H groups in total. The molecule has 5 heteroatoms. The van der Waals surface area contributed by atoms with Crippen molar-refractivity contribution >= 4 is 40.6 Å². The van der Waals surface area contributed by atoms with Crippen LogP contribution in [0.4, 0.5) is 4.79 Å². The van der Waals surface area contributed by atoms with E-state index in [2.05, 4.69) is 0 Å². The summed E-state index contributed by atoms with van der Waals surface area (Å²) >= 11 is 6.90. The van der Waals surface area contributed by atoms with E-state index >= 15 is 0 Å². The summed E-state index contributed by atoms with van der Waals surface area (Å²) < 4.78 is 0. The highest BCUT2D eigenvalue weighted by Gasteiger charge is 2.34. The fourth-order valence-corrected chi connectivity index (χ4v) is 3.28. The van der Waals surface area contributed by atoms with Gasteiger partial charge in [-0.15, -0.1) is 0 Å². The van der Waals surface area contributed by atoms with Gasteiger partial charge in [0, 0.05) is 5.02 Å². The summed E-state index contributed by atoms with van der Waals surface area (Å²) in [7, 11) is 0. The van der Waals surface area contributed by atoms with Gasteiger partial charge in [0.15, 0.2) is 0 Å². The number of carbonyl (C=O) groups excluding carboxylic acids is 2. The van der Waals surface area contributed by atoms with Crippen molar-refractivity contribution in [2.75, 3.05) is 0 Å². The molecule has 0 atom stereocenters. The van der Waals surface area contributed by atoms with Gasteiger partial charge in [-0.3, -0.25) is 14.5 Å². The molecule has 0 spiro atoms. The van der Waals surface area contributed by atoms with Gasteiger partial charge in [-0.05, 0) is 41.1 Å². The number of allylic oxidation sites excluding steroid dienone is 2. The van der Waals surface area contributed by atoms with Crippen molar-refractivity contribution in [2.24, 2.45) is 0 Å². The highest BCUT2D eigenvalue weighted by Crippen LogP contribution is 2.32. The Kier molecular flexibility index (Phi) is 5.18. The first-order valence-electron chi connectivity index (χ1n) is 7.35. The molecule has 120 valence electrons. The average Bonchev–Trinajstić information content (AvgIpc) is 2.84. The molecule has 2 amide bonds. The van der Waals surface area contributed by atoms with E-state index in [0.717, 1.165) is 22.9 Å². The number of carbonyl (C=O) groups is 2. The van der Waals surface area contributed by atoms with Gasteiger partial charge in [0.2, 0.25) is 0 Å². The number of imide groups is 1. The van der Waals surface area contributed by atoms with Crippen LogP contribution in [0.2, 0.25) is 5.02 Å². The van der Waals surface area contributed by atoms with Crippen LogP contribution in [0.1, 0.15) is 11.1 Å². The van der Waals surface area contributed by atoms with Crippen LogP contribution in [-0.4, -0.2) is 16.0 Å². The summed E-state index contributed by atoms with van der Waals surface area (Å²) in [4.78, 5) is 26.1. The van der Waals surface area contributed by atoms with Gasteiger partial charge < -0.3 is 0 Å². The van der Waals surface area contributed by atoms with E-state index in [1.54, 1.807) is 30.4 Å². The van der Waals surface area contributed by atoms with Gasteiger partial charge in [0.1, 0.15) is 0 Å². The zero-order chi connectivity index (χ0) is 16.9. The fourth-order valence-electron chi connectivity index (χ4n) is 2.28.